The third-order valence-electron chi connectivity index (χ3n) is 3.62. The summed E-state index contributed by atoms with van der Waals surface area (Å²) >= 11 is 0. The zero-order chi connectivity index (χ0) is 13.9. The molecule has 2 atom stereocenters. The van der Waals surface area contributed by atoms with Gasteiger partial charge in [0.15, 0.2) is 0 Å². The molecule has 20 heavy (non-hydrogen) atoms. The van der Waals surface area contributed by atoms with E-state index in [9.17, 15) is 0 Å². The quantitative estimate of drug-likeness (QED) is 0.761. The fraction of sp³-hybridized carbons (Fsp3) is 0.250. The van der Waals surface area contributed by atoms with Gasteiger partial charge in [-0.05, 0) is 36.2 Å². The zero-order valence-electron chi connectivity index (χ0n) is 11.7. The maximum Gasteiger partial charge on any atom is 0.141 e. The zero-order valence-corrected chi connectivity index (χ0v) is 11.7. The van der Waals surface area contributed by atoms with Crippen molar-refractivity contribution in [3.63, 3.8) is 0 Å². The fourth-order valence-corrected chi connectivity index (χ4v) is 2.45. The summed E-state index contributed by atoms with van der Waals surface area (Å²) in [5, 5.41) is 12.9. The molecule has 0 saturated heterocycles. The molecule has 1 heterocycles. The second-order valence-corrected chi connectivity index (χ2v) is 5.09. The Labute approximate surface area is 118 Å². The number of benzene rings is 2. The maximum absolute atomic E-state index is 4.18. The smallest absolute Gasteiger partial charge is 0.141 e. The van der Waals surface area contributed by atoms with Crippen LogP contribution in [0.2, 0.25) is 0 Å². The van der Waals surface area contributed by atoms with Crippen LogP contribution in [0.15, 0.2) is 48.8 Å². The highest BCUT2D eigenvalue weighted by Gasteiger charge is 2.13. The number of fused-ring (bicyclic) bond motifs is 1. The van der Waals surface area contributed by atoms with Gasteiger partial charge in [0.25, 0.3) is 0 Å². The van der Waals surface area contributed by atoms with E-state index >= 15 is 0 Å². The normalized spacial score (nSPS) is 14.3. The molecule has 4 nitrogen and oxygen atoms in total. The van der Waals surface area contributed by atoms with Crippen molar-refractivity contribution >= 4 is 10.8 Å². The van der Waals surface area contributed by atoms with E-state index in [0.717, 1.165) is 5.82 Å². The minimum atomic E-state index is 0.138. The van der Waals surface area contributed by atoms with E-state index in [-0.39, 0.29) is 12.1 Å². The molecule has 1 aromatic heterocycles. The molecule has 0 aliphatic carbocycles. The van der Waals surface area contributed by atoms with Gasteiger partial charge in [-0.2, -0.15) is 5.10 Å². The summed E-state index contributed by atoms with van der Waals surface area (Å²) < 4.78 is 0. The first kappa shape index (κ1) is 12.8. The number of hydrogen-bond acceptors (Lipinski definition) is 3. The molecular weight excluding hydrogens is 248 g/mol. The van der Waals surface area contributed by atoms with Crippen molar-refractivity contribution in [3.05, 3.63) is 60.2 Å². The summed E-state index contributed by atoms with van der Waals surface area (Å²) in [4.78, 5) is 4.18. The summed E-state index contributed by atoms with van der Waals surface area (Å²) in [6.07, 6.45) is 1.54. The Morgan fingerprint density at radius 3 is 2.55 bits per heavy atom. The Bertz CT molecular complexity index is 691. The highest BCUT2D eigenvalue weighted by molar-refractivity contribution is 5.83. The number of H-pyrrole nitrogens is 1. The van der Waals surface area contributed by atoms with Crippen LogP contribution in [0, 0.1) is 0 Å². The Kier molecular flexibility index (Phi) is 3.48. The van der Waals surface area contributed by atoms with Crippen LogP contribution in [0.5, 0.6) is 0 Å². The average Bonchev–Trinajstić information content (AvgIpc) is 3.01. The lowest BCUT2D eigenvalue weighted by molar-refractivity contribution is 0.478. The molecular formula is C16H18N4. The molecule has 0 saturated carbocycles. The van der Waals surface area contributed by atoms with E-state index in [0.29, 0.717) is 0 Å². The van der Waals surface area contributed by atoms with Gasteiger partial charge in [-0.15, -0.1) is 0 Å². The molecule has 3 rings (SSSR count). The van der Waals surface area contributed by atoms with Crippen molar-refractivity contribution in [3.8, 4) is 0 Å². The van der Waals surface area contributed by atoms with Crippen molar-refractivity contribution < 1.29 is 0 Å². The van der Waals surface area contributed by atoms with Gasteiger partial charge in [0, 0.05) is 6.04 Å². The number of nitrogens with zero attached hydrogens (tertiary/aromatic N) is 2. The number of aromatic nitrogens is 3. The van der Waals surface area contributed by atoms with Gasteiger partial charge in [0.05, 0.1) is 6.04 Å². The van der Waals surface area contributed by atoms with E-state index in [1.807, 2.05) is 0 Å². The number of hydrogen-bond donors (Lipinski definition) is 2. The lowest BCUT2D eigenvalue weighted by Gasteiger charge is -2.19. The number of rotatable bonds is 4. The Balaban J connectivity index is 1.80. The largest absolute Gasteiger partial charge is 0.301 e. The molecule has 0 spiro atoms. The summed E-state index contributed by atoms with van der Waals surface area (Å²) in [5.74, 6) is 0.859. The third kappa shape index (κ3) is 2.56. The summed E-state index contributed by atoms with van der Waals surface area (Å²) in [6, 6.07) is 15.4. The topological polar surface area (TPSA) is 53.6 Å². The lowest BCUT2D eigenvalue weighted by Crippen LogP contribution is -2.23. The van der Waals surface area contributed by atoms with Crippen LogP contribution in [0.1, 0.15) is 37.3 Å². The summed E-state index contributed by atoms with van der Waals surface area (Å²) in [5.41, 5.74) is 1.27. The van der Waals surface area contributed by atoms with Crippen LogP contribution >= 0.6 is 0 Å². The van der Waals surface area contributed by atoms with Crippen molar-refractivity contribution in [2.24, 2.45) is 0 Å². The van der Waals surface area contributed by atoms with Crippen molar-refractivity contribution in [2.75, 3.05) is 0 Å². The first-order valence-electron chi connectivity index (χ1n) is 6.84. The monoisotopic (exact) mass is 266 g/mol. The van der Waals surface area contributed by atoms with E-state index in [2.05, 4.69) is 76.8 Å². The van der Waals surface area contributed by atoms with Gasteiger partial charge in [0.2, 0.25) is 0 Å². The number of nitrogens with one attached hydrogen (secondary N) is 2. The van der Waals surface area contributed by atoms with Gasteiger partial charge in [-0.1, -0.05) is 36.4 Å². The van der Waals surface area contributed by atoms with Crippen LogP contribution in [0.25, 0.3) is 10.8 Å². The minimum Gasteiger partial charge on any atom is -0.301 e. The lowest BCUT2D eigenvalue weighted by atomic mass is 10.0. The number of aromatic amines is 1. The van der Waals surface area contributed by atoms with Gasteiger partial charge in [-0.3, -0.25) is 5.10 Å². The molecule has 2 aromatic carbocycles. The predicted octanol–water partition coefficient (Wildman–Crippen LogP) is 3.37. The van der Waals surface area contributed by atoms with Crippen LogP contribution in [-0.4, -0.2) is 15.2 Å². The molecule has 4 heteroatoms. The molecule has 3 aromatic rings. The van der Waals surface area contributed by atoms with Gasteiger partial charge in [-0.25, -0.2) is 4.98 Å². The van der Waals surface area contributed by atoms with Gasteiger partial charge < -0.3 is 5.32 Å². The fourth-order valence-electron chi connectivity index (χ4n) is 2.45. The van der Waals surface area contributed by atoms with Crippen molar-refractivity contribution in [1.82, 2.24) is 20.5 Å². The molecule has 0 aliphatic heterocycles. The second kappa shape index (κ2) is 5.43. The van der Waals surface area contributed by atoms with Gasteiger partial charge in [0.1, 0.15) is 12.2 Å². The standard InChI is InChI=1S/C16H18N4/c1-11(19-12(2)16-17-10-18-20-16)14-8-7-13-5-3-4-6-15(13)9-14/h3-12,19H,1-2H3,(H,17,18,20). The second-order valence-electron chi connectivity index (χ2n) is 5.09. The van der Waals surface area contributed by atoms with Crippen LogP contribution in [0.3, 0.4) is 0 Å². The molecule has 0 aliphatic rings. The van der Waals surface area contributed by atoms with Crippen LogP contribution in [-0.2, 0) is 0 Å². The van der Waals surface area contributed by atoms with Crippen LogP contribution in [0.4, 0.5) is 0 Å². The van der Waals surface area contributed by atoms with E-state index in [4.69, 9.17) is 0 Å². The predicted molar refractivity (Wildman–Crippen MR) is 80.3 cm³/mol. The molecule has 2 unspecified atom stereocenters. The molecule has 0 fully saturated rings. The SMILES string of the molecule is CC(NC(C)c1ncn[nH]1)c1ccc2ccccc2c1. The third-order valence-corrected chi connectivity index (χ3v) is 3.62. The molecule has 102 valence electrons. The van der Waals surface area contributed by atoms with E-state index < -0.39 is 0 Å². The van der Waals surface area contributed by atoms with Crippen LogP contribution < -0.4 is 5.32 Å². The first-order chi connectivity index (χ1) is 9.74. The Morgan fingerprint density at radius 1 is 1.00 bits per heavy atom. The molecule has 2 N–H and O–H groups in total. The van der Waals surface area contributed by atoms with E-state index in [1.54, 1.807) is 0 Å². The van der Waals surface area contributed by atoms with Gasteiger partial charge >= 0.3 is 0 Å². The summed E-state index contributed by atoms with van der Waals surface area (Å²) in [7, 11) is 0. The molecule has 0 amide bonds. The highest BCUT2D eigenvalue weighted by atomic mass is 15.2. The summed E-state index contributed by atoms with van der Waals surface area (Å²) in [6.45, 7) is 4.25. The first-order valence-corrected chi connectivity index (χ1v) is 6.84. The maximum atomic E-state index is 4.18. The van der Waals surface area contributed by atoms with E-state index in [1.165, 1.54) is 22.7 Å². The molecule has 0 bridgehead atoms. The highest BCUT2D eigenvalue weighted by Crippen LogP contribution is 2.22. The Morgan fingerprint density at radius 2 is 1.80 bits per heavy atom. The molecule has 0 radical (unpaired) electrons. The van der Waals surface area contributed by atoms with Crippen molar-refractivity contribution in [1.29, 1.82) is 0 Å². The van der Waals surface area contributed by atoms with Crippen molar-refractivity contribution in [2.45, 2.75) is 25.9 Å². The Hall–Kier alpha value is -2.20. The minimum absolute atomic E-state index is 0.138. The average molecular weight is 266 g/mol.